The van der Waals surface area contributed by atoms with Crippen LogP contribution >= 0.6 is 0 Å². The second-order valence-electron chi connectivity index (χ2n) is 21.4. The van der Waals surface area contributed by atoms with Gasteiger partial charge in [-0.05, 0) is 109 Å². The van der Waals surface area contributed by atoms with Gasteiger partial charge in [-0.15, -0.1) is 0 Å². The molecule has 0 spiro atoms. The summed E-state index contributed by atoms with van der Waals surface area (Å²) in [4.78, 5) is 105. The van der Waals surface area contributed by atoms with Crippen LogP contribution in [0.15, 0.2) is 125 Å². The lowest BCUT2D eigenvalue weighted by molar-refractivity contribution is -0.129. The van der Waals surface area contributed by atoms with Crippen LogP contribution in [0.5, 0.6) is 0 Å². The first-order valence-electron chi connectivity index (χ1n) is 28.8. The zero-order valence-corrected chi connectivity index (χ0v) is 48.5. The molecule has 27 nitrogen and oxygen atoms in total. The Morgan fingerprint density at radius 3 is 0.920 bits per heavy atom. The molecule has 6 amide bonds. The number of guanidine groups is 3. The summed E-state index contributed by atoms with van der Waals surface area (Å²) in [6.45, 7) is 0.298. The van der Waals surface area contributed by atoms with Crippen LogP contribution in [0.25, 0.3) is 32.7 Å². The van der Waals surface area contributed by atoms with Gasteiger partial charge in [-0.2, -0.15) is 0 Å². The number of aromatic amines is 3. The number of nitrogens with one attached hydrogen (secondary N) is 9. The van der Waals surface area contributed by atoms with Gasteiger partial charge >= 0.3 is 0 Å². The third-order valence-corrected chi connectivity index (χ3v) is 14.6. The number of aliphatic imine (C=N–C) groups is 3. The molecule has 27 N–H and O–H groups in total. The van der Waals surface area contributed by atoms with E-state index in [0.29, 0.717) is 36.0 Å². The lowest BCUT2D eigenvalue weighted by Gasteiger charge is -2.22. The van der Waals surface area contributed by atoms with Crippen molar-refractivity contribution in [3.05, 3.63) is 143 Å². The fourth-order valence-electron chi connectivity index (χ4n) is 10.1. The minimum absolute atomic E-state index is 0.0845. The Morgan fingerprint density at radius 1 is 0.391 bits per heavy atom. The number of carbonyl (C=O) groups excluding carboxylic acids is 6. The van der Waals surface area contributed by atoms with Gasteiger partial charge in [0, 0.05) is 90.6 Å². The first-order valence-corrected chi connectivity index (χ1v) is 28.8. The lowest BCUT2D eigenvalue weighted by Crippen LogP contribution is -2.52. The molecule has 0 saturated heterocycles. The fraction of sp³-hybridized carbons (Fsp3) is 0.350. The van der Waals surface area contributed by atoms with Crippen LogP contribution in [0.1, 0.15) is 71.9 Å². The van der Waals surface area contributed by atoms with Gasteiger partial charge in [0.25, 0.3) is 0 Å². The van der Waals surface area contributed by atoms with Crippen LogP contribution < -0.4 is 83.5 Å². The number of rotatable bonds is 33. The number of fused-ring (bicyclic) bond motifs is 3. The second-order valence-corrected chi connectivity index (χ2v) is 21.4. The predicted octanol–water partition coefficient (Wildman–Crippen LogP) is -0.696. The van der Waals surface area contributed by atoms with Crippen LogP contribution in [-0.4, -0.2) is 124 Å². The summed E-state index contributed by atoms with van der Waals surface area (Å²) in [6.07, 6.45) is 7.37. The SMILES string of the molecule is NC(N)=NCCC[C@H](NC(=O)[C@@H](N)Cc1c[nH]c2ccccc12)C(=O)NCc1cc(CNC(=O)[C@H](CCCN=C(N)N)NC(=O)[C@@H](N)Cc2c[nH]c3ccccc23)cc(CNC(=O)[C@H](CCCN=C(N)N)NC(=O)[C@@H](N)Cc2c[nH]c3ccccc23)c1. The average Bonchev–Trinajstić information content (AvgIpc) is 4.46. The number of para-hydroxylation sites is 3. The summed E-state index contributed by atoms with van der Waals surface area (Å²) in [6, 6.07) is 21.9. The normalized spacial score (nSPS) is 13.3. The molecule has 3 aromatic heterocycles. The molecule has 0 aliphatic carbocycles. The maximum absolute atomic E-state index is 14.2. The number of H-pyrrole nitrogens is 3. The molecular weight excluding hydrogens is 1110 g/mol. The molecule has 6 atom stereocenters. The van der Waals surface area contributed by atoms with Crippen LogP contribution in [-0.2, 0) is 67.7 Å². The van der Waals surface area contributed by atoms with E-state index in [1.54, 1.807) is 36.8 Å². The largest absolute Gasteiger partial charge is 0.370 e. The molecule has 0 aliphatic heterocycles. The molecule has 87 heavy (non-hydrogen) atoms. The Hall–Kier alpha value is -9.99. The van der Waals surface area contributed by atoms with E-state index in [-0.39, 0.29) is 95.7 Å². The Balaban J connectivity index is 1.09. The number of benzene rings is 4. The lowest BCUT2D eigenvalue weighted by atomic mass is 10.0. The van der Waals surface area contributed by atoms with Gasteiger partial charge in [-0.3, -0.25) is 43.7 Å². The van der Waals surface area contributed by atoms with Crippen molar-refractivity contribution in [1.82, 2.24) is 46.9 Å². The predicted molar refractivity (Wildman–Crippen MR) is 337 cm³/mol. The molecule has 3 heterocycles. The maximum atomic E-state index is 14.2. The van der Waals surface area contributed by atoms with Crippen molar-refractivity contribution in [2.75, 3.05) is 19.6 Å². The maximum Gasteiger partial charge on any atom is 0.242 e. The van der Waals surface area contributed by atoms with Crippen molar-refractivity contribution in [2.45, 2.75) is 114 Å². The van der Waals surface area contributed by atoms with Gasteiger partial charge in [-0.25, -0.2) is 0 Å². The monoisotopic (exact) mass is 1190 g/mol. The van der Waals surface area contributed by atoms with Gasteiger partial charge in [0.2, 0.25) is 35.4 Å². The minimum Gasteiger partial charge on any atom is -0.370 e. The Kier molecular flexibility index (Phi) is 23.6. The number of nitrogens with two attached hydrogens (primary N) is 9. The van der Waals surface area contributed by atoms with E-state index in [0.717, 1.165) is 49.4 Å². The summed E-state index contributed by atoms with van der Waals surface area (Å²) < 4.78 is 0. The highest BCUT2D eigenvalue weighted by atomic mass is 16.2. The highest BCUT2D eigenvalue weighted by molar-refractivity contribution is 5.93. The van der Waals surface area contributed by atoms with Crippen LogP contribution in [0.4, 0.5) is 0 Å². The second kappa shape index (κ2) is 31.8. The van der Waals surface area contributed by atoms with Gasteiger partial charge in [0.05, 0.1) is 18.1 Å². The molecule has 0 unspecified atom stereocenters. The number of hydrogen-bond donors (Lipinski definition) is 18. The zero-order valence-electron chi connectivity index (χ0n) is 48.5. The first-order chi connectivity index (χ1) is 41.8. The van der Waals surface area contributed by atoms with E-state index >= 15 is 0 Å². The van der Waals surface area contributed by atoms with Crippen LogP contribution in [0.3, 0.4) is 0 Å². The average molecular weight is 1190 g/mol. The number of aromatic nitrogens is 3. The van der Waals surface area contributed by atoms with Crippen molar-refractivity contribution in [3.63, 3.8) is 0 Å². The molecule has 0 bridgehead atoms. The number of hydrogen-bond acceptors (Lipinski definition) is 12. The molecule has 7 aromatic rings. The van der Waals surface area contributed by atoms with Crippen molar-refractivity contribution in [2.24, 2.45) is 66.6 Å². The molecule has 4 aromatic carbocycles. The smallest absolute Gasteiger partial charge is 0.242 e. The molecule has 0 radical (unpaired) electrons. The number of nitrogens with zero attached hydrogens (tertiary/aromatic N) is 3. The Bertz CT molecular complexity index is 3200. The molecule has 462 valence electrons. The highest BCUT2D eigenvalue weighted by Crippen LogP contribution is 2.22. The van der Waals surface area contributed by atoms with E-state index in [1.807, 2.05) is 72.8 Å². The summed E-state index contributed by atoms with van der Waals surface area (Å²) in [7, 11) is 0. The molecule has 0 saturated carbocycles. The standard InChI is InChI=1S/C60H81N21O6/c61-43(25-37-31-73-46-13-4-1-10-40(37)46)52(82)79-49(16-7-19-70-58(64)65)55(85)76-28-34-22-35(29-77-56(86)50(17-8-20-71-59(66)67)80-53(83)44(62)26-38-32-74-47-14-5-2-11-41(38)47)24-36(23-34)30-78-57(87)51(18-9-21-72-60(68)69)81-54(84)45(63)27-39-33-75-48-15-6-3-12-42(39)48/h1-6,10-15,22-24,31-33,43-45,49-51,73-75H,7-9,16-21,25-30,61-63H2,(H,76,85)(H,77,86)(H,78,87)(H,79,82)(H,80,83)(H,81,84)(H4,64,65,70)(H4,66,67,71)(H4,68,69,72)/t43-,44-,45-,49-,50-,51-/m0/s1. The fourth-order valence-corrected chi connectivity index (χ4v) is 10.1. The van der Waals surface area contributed by atoms with E-state index < -0.39 is 71.7 Å². The van der Waals surface area contributed by atoms with Crippen molar-refractivity contribution < 1.29 is 28.8 Å². The van der Waals surface area contributed by atoms with E-state index in [1.165, 1.54) is 0 Å². The third kappa shape index (κ3) is 19.5. The quantitative estimate of drug-likeness (QED) is 0.0138. The van der Waals surface area contributed by atoms with Gasteiger partial charge in [-0.1, -0.05) is 72.8 Å². The summed E-state index contributed by atoms with van der Waals surface area (Å²) >= 11 is 0. The summed E-state index contributed by atoms with van der Waals surface area (Å²) in [5, 5.41) is 20.0. The molecule has 0 fully saturated rings. The van der Waals surface area contributed by atoms with Crippen molar-refractivity contribution in [3.8, 4) is 0 Å². The molecular formula is C60H81N21O6. The first kappa shape index (κ1) is 64.6. The van der Waals surface area contributed by atoms with E-state index in [4.69, 9.17) is 51.6 Å². The third-order valence-electron chi connectivity index (χ3n) is 14.6. The topological polar surface area (TPSA) is 493 Å². The van der Waals surface area contributed by atoms with Crippen LogP contribution in [0, 0.1) is 0 Å². The summed E-state index contributed by atoms with van der Waals surface area (Å²) in [5.74, 6) is -3.65. The van der Waals surface area contributed by atoms with Crippen molar-refractivity contribution in [1.29, 1.82) is 0 Å². The van der Waals surface area contributed by atoms with Gasteiger partial charge in [0.15, 0.2) is 17.9 Å². The zero-order chi connectivity index (χ0) is 62.4. The molecule has 0 aliphatic rings. The molecule has 7 rings (SSSR count). The number of amides is 6. The van der Waals surface area contributed by atoms with E-state index in [2.05, 4.69) is 61.8 Å². The van der Waals surface area contributed by atoms with Crippen LogP contribution in [0.2, 0.25) is 0 Å². The highest BCUT2D eigenvalue weighted by Gasteiger charge is 2.28. The molecule has 27 heteroatoms. The Labute approximate surface area is 502 Å². The van der Waals surface area contributed by atoms with Crippen molar-refractivity contribution >= 4 is 86.0 Å². The number of carbonyl (C=O) groups is 6. The van der Waals surface area contributed by atoms with E-state index in [9.17, 15) is 28.8 Å². The van der Waals surface area contributed by atoms with Gasteiger partial charge in [0.1, 0.15) is 18.1 Å². The van der Waals surface area contributed by atoms with Gasteiger partial charge < -0.3 is 98.5 Å². The minimum atomic E-state index is -1.06. The Morgan fingerprint density at radius 2 is 0.655 bits per heavy atom. The summed E-state index contributed by atoms with van der Waals surface area (Å²) in [5.41, 5.74) is 59.6.